The molecule has 1 atom stereocenters. The first-order valence-corrected chi connectivity index (χ1v) is 8.46. The Kier molecular flexibility index (Phi) is 8.87. The molecule has 0 aliphatic carbocycles. The third kappa shape index (κ3) is 7.28. The Balaban J connectivity index is 2.35. The van der Waals surface area contributed by atoms with Crippen LogP contribution in [0.4, 0.5) is 0 Å². The molecule has 0 heterocycles. The number of hydrogen-bond donors (Lipinski definition) is 3. The normalized spacial score (nSPS) is 11.2. The molecule has 0 fully saturated rings. The Labute approximate surface area is 160 Å². The standard InChI is InChI=1S/C16H19Cl2N3O5/c1-3-19-15(24)9(2)21-13(22)8-26-14(23)7-20-16(25)10-4-5-11(17)12(18)6-10/h4-6,9H,3,7-8H2,1-2H3,(H,19,24)(H,20,25)(H,21,22)/t9-/m1/s1. The summed E-state index contributed by atoms with van der Waals surface area (Å²) in [7, 11) is 0. The number of likely N-dealkylation sites (N-methyl/N-ethyl adjacent to an activating group) is 1. The minimum Gasteiger partial charge on any atom is -0.454 e. The van der Waals surface area contributed by atoms with Crippen molar-refractivity contribution in [3.8, 4) is 0 Å². The van der Waals surface area contributed by atoms with Gasteiger partial charge in [-0.2, -0.15) is 0 Å². The average molecular weight is 404 g/mol. The van der Waals surface area contributed by atoms with E-state index in [1.807, 2.05) is 0 Å². The van der Waals surface area contributed by atoms with E-state index in [-0.39, 0.29) is 16.5 Å². The maximum atomic E-state index is 11.9. The Morgan fingerprint density at radius 2 is 1.81 bits per heavy atom. The van der Waals surface area contributed by atoms with Crippen LogP contribution in [0.25, 0.3) is 0 Å². The van der Waals surface area contributed by atoms with Gasteiger partial charge in [0.2, 0.25) is 5.91 Å². The fraction of sp³-hybridized carbons (Fsp3) is 0.375. The maximum Gasteiger partial charge on any atom is 0.325 e. The summed E-state index contributed by atoms with van der Waals surface area (Å²) in [5.41, 5.74) is 0.223. The lowest BCUT2D eigenvalue weighted by Crippen LogP contribution is -2.46. The summed E-state index contributed by atoms with van der Waals surface area (Å²) in [5.74, 6) is -2.33. The van der Waals surface area contributed by atoms with Gasteiger partial charge in [-0.25, -0.2) is 0 Å². The minimum atomic E-state index is -0.806. The number of esters is 1. The molecule has 0 aliphatic rings. The summed E-state index contributed by atoms with van der Waals surface area (Å²) in [4.78, 5) is 46.6. The smallest absolute Gasteiger partial charge is 0.325 e. The van der Waals surface area contributed by atoms with Crippen molar-refractivity contribution in [2.24, 2.45) is 0 Å². The number of nitrogens with one attached hydrogen (secondary N) is 3. The van der Waals surface area contributed by atoms with E-state index in [0.29, 0.717) is 11.6 Å². The van der Waals surface area contributed by atoms with Crippen molar-refractivity contribution >= 4 is 46.9 Å². The molecular weight excluding hydrogens is 385 g/mol. The first kappa shape index (κ1) is 21.7. The van der Waals surface area contributed by atoms with Gasteiger partial charge in [0.1, 0.15) is 12.6 Å². The SMILES string of the molecule is CCNC(=O)[C@@H](C)NC(=O)COC(=O)CNC(=O)c1ccc(Cl)c(Cl)c1. The number of hydrogen-bond acceptors (Lipinski definition) is 5. The summed E-state index contributed by atoms with van der Waals surface area (Å²) in [5, 5.41) is 7.77. The highest BCUT2D eigenvalue weighted by atomic mass is 35.5. The van der Waals surface area contributed by atoms with Crippen LogP contribution in [0.3, 0.4) is 0 Å². The topological polar surface area (TPSA) is 114 Å². The molecular formula is C16H19Cl2N3O5. The lowest BCUT2D eigenvalue weighted by Gasteiger charge is -2.13. The van der Waals surface area contributed by atoms with Crippen molar-refractivity contribution in [1.82, 2.24) is 16.0 Å². The van der Waals surface area contributed by atoms with Crippen molar-refractivity contribution in [2.45, 2.75) is 19.9 Å². The van der Waals surface area contributed by atoms with E-state index in [0.717, 1.165) is 0 Å². The van der Waals surface area contributed by atoms with Crippen LogP contribution in [-0.2, 0) is 19.1 Å². The van der Waals surface area contributed by atoms with Gasteiger partial charge in [0.15, 0.2) is 6.61 Å². The summed E-state index contributed by atoms with van der Waals surface area (Å²) in [6, 6.07) is 3.51. The molecule has 26 heavy (non-hydrogen) atoms. The Morgan fingerprint density at radius 1 is 1.12 bits per heavy atom. The fourth-order valence-corrected chi connectivity index (χ4v) is 2.06. The predicted octanol–water partition coefficient (Wildman–Crippen LogP) is 0.907. The molecule has 142 valence electrons. The van der Waals surface area contributed by atoms with Gasteiger partial charge < -0.3 is 20.7 Å². The minimum absolute atomic E-state index is 0.208. The molecule has 1 aromatic carbocycles. The molecule has 0 bridgehead atoms. The lowest BCUT2D eigenvalue weighted by atomic mass is 10.2. The maximum absolute atomic E-state index is 11.9. The summed E-state index contributed by atoms with van der Waals surface area (Å²) < 4.78 is 4.73. The van der Waals surface area contributed by atoms with E-state index < -0.39 is 37.0 Å². The number of halogens is 2. The van der Waals surface area contributed by atoms with E-state index in [4.69, 9.17) is 27.9 Å². The van der Waals surface area contributed by atoms with E-state index >= 15 is 0 Å². The zero-order valence-electron chi connectivity index (χ0n) is 14.2. The Bertz CT molecular complexity index is 696. The van der Waals surface area contributed by atoms with Crippen molar-refractivity contribution in [3.63, 3.8) is 0 Å². The summed E-state index contributed by atoms with van der Waals surface area (Å²) >= 11 is 11.6. The van der Waals surface area contributed by atoms with Crippen molar-refractivity contribution in [3.05, 3.63) is 33.8 Å². The van der Waals surface area contributed by atoms with Crippen LogP contribution >= 0.6 is 23.2 Å². The largest absolute Gasteiger partial charge is 0.454 e. The average Bonchev–Trinajstić information content (AvgIpc) is 2.60. The summed E-state index contributed by atoms with van der Waals surface area (Å²) in [6.45, 7) is 2.69. The Morgan fingerprint density at radius 3 is 2.42 bits per heavy atom. The molecule has 10 heteroatoms. The van der Waals surface area contributed by atoms with Gasteiger partial charge in [-0.15, -0.1) is 0 Å². The first-order chi connectivity index (χ1) is 12.2. The van der Waals surface area contributed by atoms with Gasteiger partial charge in [0, 0.05) is 12.1 Å². The van der Waals surface area contributed by atoms with Crippen LogP contribution in [0.2, 0.25) is 10.0 Å². The molecule has 0 aromatic heterocycles. The molecule has 3 amide bonds. The van der Waals surface area contributed by atoms with Crippen LogP contribution in [0.15, 0.2) is 18.2 Å². The predicted molar refractivity (Wildman–Crippen MR) is 96.0 cm³/mol. The molecule has 0 radical (unpaired) electrons. The molecule has 0 saturated carbocycles. The van der Waals surface area contributed by atoms with Crippen LogP contribution < -0.4 is 16.0 Å². The van der Waals surface area contributed by atoms with Gasteiger partial charge in [0.05, 0.1) is 10.0 Å². The Hall–Kier alpha value is -2.32. The molecule has 1 rings (SSSR count). The second-order valence-corrected chi connectivity index (χ2v) is 5.97. The van der Waals surface area contributed by atoms with Crippen molar-refractivity contribution in [1.29, 1.82) is 0 Å². The zero-order chi connectivity index (χ0) is 19.7. The highest BCUT2D eigenvalue weighted by molar-refractivity contribution is 6.42. The lowest BCUT2D eigenvalue weighted by molar-refractivity contribution is -0.147. The van der Waals surface area contributed by atoms with Crippen molar-refractivity contribution in [2.75, 3.05) is 19.7 Å². The highest BCUT2D eigenvalue weighted by Crippen LogP contribution is 2.22. The third-order valence-corrected chi connectivity index (χ3v) is 3.80. The molecule has 0 aliphatic heterocycles. The van der Waals surface area contributed by atoms with Crippen LogP contribution in [-0.4, -0.2) is 49.4 Å². The summed E-state index contributed by atoms with van der Waals surface area (Å²) in [6.07, 6.45) is 0. The molecule has 3 N–H and O–H groups in total. The van der Waals surface area contributed by atoms with E-state index in [9.17, 15) is 19.2 Å². The number of rotatable bonds is 8. The number of benzene rings is 1. The molecule has 0 spiro atoms. The van der Waals surface area contributed by atoms with Crippen LogP contribution in [0, 0.1) is 0 Å². The zero-order valence-corrected chi connectivity index (χ0v) is 15.7. The number of amides is 3. The second kappa shape index (κ2) is 10.6. The third-order valence-electron chi connectivity index (χ3n) is 3.06. The second-order valence-electron chi connectivity index (χ2n) is 5.16. The molecule has 0 saturated heterocycles. The molecule has 1 aromatic rings. The van der Waals surface area contributed by atoms with Gasteiger partial charge in [0.25, 0.3) is 11.8 Å². The van der Waals surface area contributed by atoms with Crippen LogP contribution in [0.1, 0.15) is 24.2 Å². The van der Waals surface area contributed by atoms with Gasteiger partial charge in [-0.05, 0) is 32.0 Å². The van der Waals surface area contributed by atoms with Gasteiger partial charge in [-0.1, -0.05) is 23.2 Å². The number of ether oxygens (including phenoxy) is 1. The van der Waals surface area contributed by atoms with E-state index in [2.05, 4.69) is 16.0 Å². The van der Waals surface area contributed by atoms with Gasteiger partial charge >= 0.3 is 5.97 Å². The number of carbonyl (C=O) groups is 4. The quantitative estimate of drug-likeness (QED) is 0.558. The molecule has 0 unspecified atom stereocenters. The van der Waals surface area contributed by atoms with Crippen molar-refractivity contribution < 1.29 is 23.9 Å². The monoisotopic (exact) mass is 403 g/mol. The highest BCUT2D eigenvalue weighted by Gasteiger charge is 2.16. The van der Waals surface area contributed by atoms with Crippen LogP contribution in [0.5, 0.6) is 0 Å². The number of carbonyl (C=O) groups excluding carboxylic acids is 4. The molecule has 8 nitrogen and oxygen atoms in total. The first-order valence-electron chi connectivity index (χ1n) is 7.70. The van der Waals surface area contributed by atoms with E-state index in [1.54, 1.807) is 6.92 Å². The van der Waals surface area contributed by atoms with Gasteiger partial charge in [-0.3, -0.25) is 19.2 Å². The van der Waals surface area contributed by atoms with E-state index in [1.165, 1.54) is 25.1 Å². The fourth-order valence-electron chi connectivity index (χ4n) is 1.76.